The van der Waals surface area contributed by atoms with Crippen molar-refractivity contribution >= 4 is 23.2 Å². The van der Waals surface area contributed by atoms with Crippen molar-refractivity contribution in [3.63, 3.8) is 0 Å². The predicted octanol–water partition coefficient (Wildman–Crippen LogP) is 2.45. The minimum Gasteiger partial charge on any atom is -0.369 e. The van der Waals surface area contributed by atoms with Crippen molar-refractivity contribution in [2.75, 3.05) is 56.5 Å². The maximum Gasteiger partial charge on any atom is 0.256 e. The van der Waals surface area contributed by atoms with E-state index in [1.165, 1.54) is 5.69 Å². The van der Waals surface area contributed by atoms with Gasteiger partial charge in [-0.25, -0.2) is 9.97 Å². The summed E-state index contributed by atoms with van der Waals surface area (Å²) < 4.78 is 0. The molecule has 0 saturated carbocycles. The van der Waals surface area contributed by atoms with Crippen LogP contribution in [0, 0.1) is 0 Å². The number of benzene rings is 1. The number of hydrogen-bond donors (Lipinski definition) is 1. The van der Waals surface area contributed by atoms with Crippen LogP contribution in [0.3, 0.4) is 0 Å². The molecular formula is C20H28N6O. The number of piperazine rings is 1. The van der Waals surface area contributed by atoms with Gasteiger partial charge in [0.1, 0.15) is 0 Å². The number of nitrogens with one attached hydrogen (secondary N) is 1. The number of likely N-dealkylation sites (N-methyl/N-ethyl adjacent to an activating group) is 1. The average molecular weight is 368 g/mol. The molecule has 27 heavy (non-hydrogen) atoms. The molecule has 1 aliphatic heterocycles. The zero-order valence-corrected chi connectivity index (χ0v) is 16.4. The van der Waals surface area contributed by atoms with Crippen LogP contribution >= 0.6 is 0 Å². The van der Waals surface area contributed by atoms with Crippen molar-refractivity contribution in [1.29, 1.82) is 0 Å². The monoisotopic (exact) mass is 368 g/mol. The smallest absolute Gasteiger partial charge is 0.256 e. The number of carbonyl (C=O) groups excluding carboxylic acids is 1. The highest BCUT2D eigenvalue weighted by atomic mass is 16.2. The zero-order chi connectivity index (χ0) is 19.2. The standard InChI is InChI=1S/C20H28N6O/c1-4-25(5-2)19(27)16-14-21-20(22-15-16)23-17-6-8-18(9-7-17)26-12-10-24(3)11-13-26/h6-9,14-15H,4-5,10-13H2,1-3H3,(H,21,22,23). The number of anilines is 3. The largest absolute Gasteiger partial charge is 0.369 e. The number of aromatic nitrogens is 2. The Bertz CT molecular complexity index is 734. The second kappa shape index (κ2) is 8.81. The molecule has 1 aromatic carbocycles. The summed E-state index contributed by atoms with van der Waals surface area (Å²) in [6.45, 7) is 9.56. The van der Waals surface area contributed by atoms with Gasteiger partial charge in [-0.1, -0.05) is 0 Å². The van der Waals surface area contributed by atoms with Crippen molar-refractivity contribution in [2.24, 2.45) is 0 Å². The van der Waals surface area contributed by atoms with Crippen LogP contribution in [0.4, 0.5) is 17.3 Å². The third kappa shape index (κ3) is 4.74. The molecule has 0 aliphatic carbocycles. The minimum absolute atomic E-state index is 0.0388. The van der Waals surface area contributed by atoms with Gasteiger partial charge < -0.3 is 20.0 Å². The molecule has 1 aliphatic rings. The maximum absolute atomic E-state index is 12.3. The highest BCUT2D eigenvalue weighted by Gasteiger charge is 2.15. The van der Waals surface area contributed by atoms with Crippen LogP contribution < -0.4 is 10.2 Å². The molecular weight excluding hydrogens is 340 g/mol. The first kappa shape index (κ1) is 19.1. The lowest BCUT2D eigenvalue weighted by atomic mass is 10.2. The van der Waals surface area contributed by atoms with Crippen LogP contribution in [0.5, 0.6) is 0 Å². The Labute approximate surface area is 161 Å². The molecule has 3 rings (SSSR count). The van der Waals surface area contributed by atoms with Gasteiger partial charge in [0.25, 0.3) is 5.91 Å². The third-order valence-electron chi connectivity index (χ3n) is 4.94. The van der Waals surface area contributed by atoms with E-state index in [4.69, 9.17) is 0 Å². The summed E-state index contributed by atoms with van der Waals surface area (Å²) in [5, 5.41) is 3.19. The second-order valence-electron chi connectivity index (χ2n) is 6.73. The summed E-state index contributed by atoms with van der Waals surface area (Å²) in [5.74, 6) is 0.446. The molecule has 144 valence electrons. The van der Waals surface area contributed by atoms with E-state index in [-0.39, 0.29) is 5.91 Å². The van der Waals surface area contributed by atoms with E-state index in [1.54, 1.807) is 17.3 Å². The normalized spacial score (nSPS) is 14.9. The highest BCUT2D eigenvalue weighted by Crippen LogP contribution is 2.21. The first-order chi connectivity index (χ1) is 13.1. The van der Waals surface area contributed by atoms with Crippen molar-refractivity contribution in [3.8, 4) is 0 Å². The lowest BCUT2D eigenvalue weighted by Crippen LogP contribution is -2.44. The van der Waals surface area contributed by atoms with Gasteiger partial charge in [-0.05, 0) is 45.2 Å². The van der Waals surface area contributed by atoms with Gasteiger partial charge in [0, 0.05) is 63.0 Å². The van der Waals surface area contributed by atoms with Gasteiger partial charge in [-0.15, -0.1) is 0 Å². The fourth-order valence-corrected chi connectivity index (χ4v) is 3.15. The second-order valence-corrected chi connectivity index (χ2v) is 6.73. The Morgan fingerprint density at radius 3 is 2.19 bits per heavy atom. The van der Waals surface area contributed by atoms with Gasteiger partial charge in [0.05, 0.1) is 5.56 Å². The minimum atomic E-state index is -0.0388. The lowest BCUT2D eigenvalue weighted by molar-refractivity contribution is 0.0772. The van der Waals surface area contributed by atoms with Gasteiger partial charge in [-0.2, -0.15) is 0 Å². The van der Waals surface area contributed by atoms with Gasteiger partial charge in [0.15, 0.2) is 0 Å². The van der Waals surface area contributed by atoms with Crippen LogP contribution in [-0.2, 0) is 0 Å². The van der Waals surface area contributed by atoms with E-state index >= 15 is 0 Å². The van der Waals surface area contributed by atoms with E-state index in [1.807, 2.05) is 26.0 Å². The summed E-state index contributed by atoms with van der Waals surface area (Å²) in [6.07, 6.45) is 3.16. The molecule has 7 heteroatoms. The Hall–Kier alpha value is -2.67. The van der Waals surface area contributed by atoms with Crippen LogP contribution in [0.15, 0.2) is 36.7 Å². The summed E-state index contributed by atoms with van der Waals surface area (Å²) in [4.78, 5) is 27.4. The molecule has 0 radical (unpaired) electrons. The molecule has 1 N–H and O–H groups in total. The van der Waals surface area contributed by atoms with E-state index in [0.29, 0.717) is 24.6 Å². The van der Waals surface area contributed by atoms with Crippen LogP contribution in [-0.4, -0.2) is 72.0 Å². The molecule has 1 amide bonds. The molecule has 1 fully saturated rings. The van der Waals surface area contributed by atoms with E-state index < -0.39 is 0 Å². The van der Waals surface area contributed by atoms with Crippen molar-refractivity contribution in [1.82, 2.24) is 19.8 Å². The SMILES string of the molecule is CCN(CC)C(=O)c1cnc(Nc2ccc(N3CCN(C)CC3)cc2)nc1. The Balaban J connectivity index is 1.61. The molecule has 0 spiro atoms. The van der Waals surface area contributed by atoms with Crippen LogP contribution in [0.25, 0.3) is 0 Å². The highest BCUT2D eigenvalue weighted by molar-refractivity contribution is 5.93. The quantitative estimate of drug-likeness (QED) is 0.845. The van der Waals surface area contributed by atoms with Gasteiger partial charge in [-0.3, -0.25) is 4.79 Å². The Morgan fingerprint density at radius 1 is 1.04 bits per heavy atom. The first-order valence-corrected chi connectivity index (χ1v) is 9.52. The number of rotatable bonds is 6. The summed E-state index contributed by atoms with van der Waals surface area (Å²) in [7, 11) is 2.16. The fraction of sp³-hybridized carbons (Fsp3) is 0.450. The Morgan fingerprint density at radius 2 is 1.63 bits per heavy atom. The molecule has 2 heterocycles. The molecule has 1 aromatic heterocycles. The topological polar surface area (TPSA) is 64.6 Å². The van der Waals surface area contributed by atoms with E-state index in [2.05, 4.69) is 44.3 Å². The van der Waals surface area contributed by atoms with Crippen molar-refractivity contribution < 1.29 is 4.79 Å². The van der Waals surface area contributed by atoms with Crippen LogP contribution in [0.2, 0.25) is 0 Å². The van der Waals surface area contributed by atoms with Gasteiger partial charge in [0.2, 0.25) is 5.95 Å². The first-order valence-electron chi connectivity index (χ1n) is 9.52. The molecule has 0 atom stereocenters. The summed E-state index contributed by atoms with van der Waals surface area (Å²) in [5.41, 5.74) is 2.67. The average Bonchev–Trinajstić information content (AvgIpc) is 2.71. The van der Waals surface area contributed by atoms with Gasteiger partial charge >= 0.3 is 0 Å². The fourth-order valence-electron chi connectivity index (χ4n) is 3.15. The Kier molecular flexibility index (Phi) is 6.24. The third-order valence-corrected chi connectivity index (χ3v) is 4.94. The zero-order valence-electron chi connectivity index (χ0n) is 16.4. The van der Waals surface area contributed by atoms with E-state index in [0.717, 1.165) is 31.9 Å². The predicted molar refractivity (Wildman–Crippen MR) is 109 cm³/mol. The summed E-state index contributed by atoms with van der Waals surface area (Å²) in [6, 6.07) is 8.30. The lowest BCUT2D eigenvalue weighted by Gasteiger charge is -2.34. The maximum atomic E-state index is 12.3. The molecule has 0 bridgehead atoms. The van der Waals surface area contributed by atoms with Crippen molar-refractivity contribution in [2.45, 2.75) is 13.8 Å². The van der Waals surface area contributed by atoms with Crippen molar-refractivity contribution in [3.05, 3.63) is 42.2 Å². The number of hydrogen-bond acceptors (Lipinski definition) is 6. The van der Waals surface area contributed by atoms with E-state index in [9.17, 15) is 4.79 Å². The number of nitrogens with zero attached hydrogens (tertiary/aromatic N) is 5. The molecule has 0 unspecified atom stereocenters. The van der Waals surface area contributed by atoms with Crippen LogP contribution in [0.1, 0.15) is 24.2 Å². The molecule has 1 saturated heterocycles. The molecule has 2 aromatic rings. The number of carbonyl (C=O) groups is 1. The molecule has 7 nitrogen and oxygen atoms in total. The number of amides is 1. The summed E-state index contributed by atoms with van der Waals surface area (Å²) >= 11 is 0.